The molecule has 11 heavy (non-hydrogen) atoms. The number of hydrogen-bond donors (Lipinski definition) is 0. The van der Waals surface area contributed by atoms with Crippen LogP contribution in [-0.2, 0) is 4.84 Å². The minimum absolute atomic E-state index is 0.00694. The van der Waals surface area contributed by atoms with Crippen molar-refractivity contribution < 1.29 is 4.84 Å². The van der Waals surface area contributed by atoms with Crippen molar-refractivity contribution in [2.45, 2.75) is 25.5 Å². The van der Waals surface area contributed by atoms with Gasteiger partial charge in [-0.1, -0.05) is 5.16 Å². The molecule has 0 bridgehead atoms. The predicted molar refractivity (Wildman–Crippen MR) is 44.0 cm³/mol. The highest BCUT2D eigenvalue weighted by Gasteiger charge is 2.42. The van der Waals surface area contributed by atoms with Gasteiger partial charge in [-0.3, -0.25) is 4.99 Å². The first kappa shape index (κ1) is 6.58. The molecular weight excluding hydrogens is 140 g/mol. The first-order chi connectivity index (χ1) is 5.23. The molecule has 0 aliphatic carbocycles. The quantitative estimate of drug-likeness (QED) is 0.510. The van der Waals surface area contributed by atoms with Crippen LogP contribution in [0.25, 0.3) is 0 Å². The van der Waals surface area contributed by atoms with Crippen LogP contribution in [-0.4, -0.2) is 23.6 Å². The minimum Gasteiger partial charge on any atom is -0.385 e. The third kappa shape index (κ3) is 0.737. The largest absolute Gasteiger partial charge is 0.385 e. The van der Waals surface area contributed by atoms with E-state index in [1.54, 1.807) is 6.21 Å². The van der Waals surface area contributed by atoms with Crippen LogP contribution < -0.4 is 0 Å². The summed E-state index contributed by atoms with van der Waals surface area (Å²) in [6, 6.07) is 0. The molecule has 58 valence electrons. The van der Waals surface area contributed by atoms with Gasteiger partial charge in [-0.15, -0.1) is 0 Å². The second-order valence-electron chi connectivity index (χ2n) is 3.01. The summed E-state index contributed by atoms with van der Waals surface area (Å²) in [5.74, 6) is 0. The summed E-state index contributed by atoms with van der Waals surface area (Å²) in [7, 11) is 0. The standard InChI is InChI=1S/C8H10N2O/c1-6-8(2)7(11-10-6)4-3-5-9-8/h3-5,7H,1-2H3. The van der Waals surface area contributed by atoms with Gasteiger partial charge in [0.1, 0.15) is 5.54 Å². The summed E-state index contributed by atoms with van der Waals surface area (Å²) >= 11 is 0. The van der Waals surface area contributed by atoms with Gasteiger partial charge in [0.2, 0.25) is 0 Å². The van der Waals surface area contributed by atoms with Gasteiger partial charge in [0.25, 0.3) is 0 Å². The van der Waals surface area contributed by atoms with Crippen LogP contribution >= 0.6 is 0 Å². The number of hydrogen-bond acceptors (Lipinski definition) is 3. The van der Waals surface area contributed by atoms with Crippen LogP contribution in [0.3, 0.4) is 0 Å². The van der Waals surface area contributed by atoms with Gasteiger partial charge < -0.3 is 4.84 Å². The Hall–Kier alpha value is -1.12. The molecule has 3 nitrogen and oxygen atoms in total. The SMILES string of the molecule is CC1=NOC2C=CC=NC12C. The molecule has 0 N–H and O–H groups in total. The fraction of sp³-hybridized carbons (Fsp3) is 0.500. The monoisotopic (exact) mass is 150 g/mol. The fourth-order valence-electron chi connectivity index (χ4n) is 1.27. The summed E-state index contributed by atoms with van der Waals surface area (Å²) in [6.45, 7) is 3.97. The van der Waals surface area contributed by atoms with Crippen molar-refractivity contribution in [1.82, 2.24) is 0 Å². The Morgan fingerprint density at radius 2 is 2.45 bits per heavy atom. The summed E-state index contributed by atoms with van der Waals surface area (Å²) < 4.78 is 0. The van der Waals surface area contributed by atoms with Crippen LogP contribution in [0.2, 0.25) is 0 Å². The molecule has 2 aliphatic rings. The Balaban J connectivity index is 2.41. The molecule has 0 aromatic carbocycles. The van der Waals surface area contributed by atoms with E-state index in [0.717, 1.165) is 5.71 Å². The molecule has 0 spiro atoms. The summed E-state index contributed by atoms with van der Waals surface area (Å²) in [6.07, 6.45) is 5.67. The second-order valence-corrected chi connectivity index (χ2v) is 3.01. The lowest BCUT2D eigenvalue weighted by atomic mass is 9.90. The molecule has 0 saturated heterocycles. The molecule has 0 aromatic rings. The van der Waals surface area contributed by atoms with E-state index in [2.05, 4.69) is 10.1 Å². The summed E-state index contributed by atoms with van der Waals surface area (Å²) in [4.78, 5) is 9.50. The third-order valence-electron chi connectivity index (χ3n) is 2.30. The Labute approximate surface area is 65.5 Å². The van der Waals surface area contributed by atoms with Crippen molar-refractivity contribution in [2.75, 3.05) is 0 Å². The van der Waals surface area contributed by atoms with Crippen molar-refractivity contribution in [2.24, 2.45) is 10.1 Å². The van der Waals surface area contributed by atoms with E-state index in [4.69, 9.17) is 4.84 Å². The summed E-state index contributed by atoms with van der Waals surface area (Å²) in [5, 5.41) is 3.90. The van der Waals surface area contributed by atoms with E-state index >= 15 is 0 Å². The number of oxime groups is 1. The zero-order valence-corrected chi connectivity index (χ0v) is 6.61. The first-order valence-electron chi connectivity index (χ1n) is 3.66. The van der Waals surface area contributed by atoms with Crippen LogP contribution in [0.5, 0.6) is 0 Å². The van der Waals surface area contributed by atoms with Gasteiger partial charge in [-0.2, -0.15) is 0 Å². The van der Waals surface area contributed by atoms with Gasteiger partial charge in [0.15, 0.2) is 6.10 Å². The number of dihydropyridines is 1. The lowest BCUT2D eigenvalue weighted by Gasteiger charge is -2.24. The number of allylic oxidation sites excluding steroid dienone is 1. The van der Waals surface area contributed by atoms with E-state index in [0.29, 0.717) is 0 Å². The molecule has 0 fully saturated rings. The molecule has 2 unspecified atom stereocenters. The van der Waals surface area contributed by atoms with Crippen molar-refractivity contribution >= 4 is 11.9 Å². The Kier molecular flexibility index (Phi) is 1.16. The van der Waals surface area contributed by atoms with Gasteiger partial charge >= 0.3 is 0 Å². The third-order valence-corrected chi connectivity index (χ3v) is 2.30. The van der Waals surface area contributed by atoms with Crippen molar-refractivity contribution in [3.05, 3.63) is 12.2 Å². The maximum Gasteiger partial charge on any atom is 0.176 e. The molecule has 3 heteroatoms. The highest BCUT2D eigenvalue weighted by molar-refractivity contribution is 5.95. The Morgan fingerprint density at radius 3 is 3.18 bits per heavy atom. The first-order valence-corrected chi connectivity index (χ1v) is 3.66. The van der Waals surface area contributed by atoms with E-state index < -0.39 is 0 Å². The maximum atomic E-state index is 5.16. The average molecular weight is 150 g/mol. The van der Waals surface area contributed by atoms with Crippen molar-refractivity contribution in [1.29, 1.82) is 0 Å². The molecule has 2 atom stereocenters. The fourth-order valence-corrected chi connectivity index (χ4v) is 1.27. The molecular formula is C8H10N2O. The Morgan fingerprint density at radius 1 is 1.64 bits per heavy atom. The van der Waals surface area contributed by atoms with Crippen molar-refractivity contribution in [3.8, 4) is 0 Å². The van der Waals surface area contributed by atoms with E-state index in [1.165, 1.54) is 0 Å². The lowest BCUT2D eigenvalue weighted by Crippen LogP contribution is -2.40. The average Bonchev–Trinajstić information content (AvgIpc) is 2.29. The number of nitrogens with zero attached hydrogens (tertiary/aromatic N) is 2. The smallest absolute Gasteiger partial charge is 0.176 e. The summed E-state index contributed by atoms with van der Waals surface area (Å²) in [5.41, 5.74) is 0.706. The highest BCUT2D eigenvalue weighted by atomic mass is 16.6. The molecule has 0 radical (unpaired) electrons. The normalized spacial score (nSPS) is 39.8. The molecule has 0 amide bonds. The van der Waals surface area contributed by atoms with Gasteiger partial charge in [-0.25, -0.2) is 0 Å². The van der Waals surface area contributed by atoms with Gasteiger partial charge in [0, 0.05) is 6.21 Å². The second kappa shape index (κ2) is 1.94. The zero-order valence-electron chi connectivity index (χ0n) is 6.61. The van der Waals surface area contributed by atoms with E-state index in [9.17, 15) is 0 Å². The number of aliphatic imine (C=N–C) groups is 1. The molecule has 0 saturated carbocycles. The van der Waals surface area contributed by atoms with Crippen LogP contribution in [0.15, 0.2) is 22.3 Å². The van der Waals surface area contributed by atoms with Crippen LogP contribution in [0.1, 0.15) is 13.8 Å². The lowest BCUT2D eigenvalue weighted by molar-refractivity contribution is 0.0915. The molecule has 2 rings (SSSR count). The zero-order chi connectivity index (χ0) is 7.90. The minimum atomic E-state index is -0.241. The maximum absolute atomic E-state index is 5.16. The van der Waals surface area contributed by atoms with E-state index in [-0.39, 0.29) is 11.6 Å². The highest BCUT2D eigenvalue weighted by Crippen LogP contribution is 2.29. The number of rotatable bonds is 0. The topological polar surface area (TPSA) is 34.0 Å². The van der Waals surface area contributed by atoms with Crippen LogP contribution in [0.4, 0.5) is 0 Å². The van der Waals surface area contributed by atoms with Gasteiger partial charge in [0.05, 0.1) is 5.71 Å². The molecule has 2 aliphatic heterocycles. The molecule has 0 aromatic heterocycles. The Bertz CT molecular complexity index is 267. The predicted octanol–water partition coefficient (Wildman–Crippen LogP) is 1.16. The van der Waals surface area contributed by atoms with Crippen LogP contribution in [0, 0.1) is 0 Å². The van der Waals surface area contributed by atoms with Gasteiger partial charge in [-0.05, 0) is 26.0 Å². The molecule has 2 heterocycles. The number of fused-ring (bicyclic) bond motifs is 1. The van der Waals surface area contributed by atoms with E-state index in [1.807, 2.05) is 26.0 Å². The van der Waals surface area contributed by atoms with Crippen molar-refractivity contribution in [3.63, 3.8) is 0 Å².